The molecule has 2 rings (SSSR count). The van der Waals surface area contributed by atoms with Gasteiger partial charge in [-0.2, -0.15) is 0 Å². The quantitative estimate of drug-likeness (QED) is 0.735. The summed E-state index contributed by atoms with van der Waals surface area (Å²) in [5.41, 5.74) is 2.15. The predicted octanol–water partition coefficient (Wildman–Crippen LogP) is 5.36. The summed E-state index contributed by atoms with van der Waals surface area (Å²) in [4.78, 5) is 1.20. The van der Waals surface area contributed by atoms with Crippen LogP contribution in [-0.4, -0.2) is 0 Å². The molecule has 0 aliphatic carbocycles. The van der Waals surface area contributed by atoms with Crippen molar-refractivity contribution in [3.63, 3.8) is 0 Å². The normalized spacial score (nSPS) is 10.6. The van der Waals surface area contributed by atoms with Gasteiger partial charge in [-0.1, -0.05) is 11.6 Å². The van der Waals surface area contributed by atoms with Crippen LogP contribution in [0.5, 0.6) is 5.75 Å². The number of halogens is 2. The molecular formula is C13H12BrClOS. The van der Waals surface area contributed by atoms with Crippen LogP contribution in [0.25, 0.3) is 0 Å². The monoisotopic (exact) mass is 330 g/mol. The summed E-state index contributed by atoms with van der Waals surface area (Å²) < 4.78 is 6.98. The fourth-order valence-electron chi connectivity index (χ4n) is 1.70. The van der Waals surface area contributed by atoms with Gasteiger partial charge in [0.15, 0.2) is 0 Å². The molecule has 0 unspecified atom stereocenters. The highest BCUT2D eigenvalue weighted by atomic mass is 79.9. The minimum atomic E-state index is 0.597. The number of rotatable bonds is 3. The van der Waals surface area contributed by atoms with Gasteiger partial charge in [-0.25, -0.2) is 0 Å². The van der Waals surface area contributed by atoms with Crippen molar-refractivity contribution in [1.82, 2.24) is 0 Å². The standard InChI is InChI=1S/C13H12BrClOS/c1-8-5-10(15)6-9(2)13(8)16-7-11-3-4-12(14)17-11/h3-6H,7H2,1-2H3. The largest absolute Gasteiger partial charge is 0.488 e. The van der Waals surface area contributed by atoms with Crippen LogP contribution in [-0.2, 0) is 6.61 Å². The number of aryl methyl sites for hydroxylation is 2. The first-order valence-electron chi connectivity index (χ1n) is 5.20. The second-order valence-corrected chi connectivity index (χ2v) is 6.85. The van der Waals surface area contributed by atoms with Gasteiger partial charge in [-0.15, -0.1) is 11.3 Å². The molecule has 1 aromatic heterocycles. The fourth-order valence-corrected chi connectivity index (χ4v) is 3.42. The Morgan fingerprint density at radius 2 is 1.88 bits per heavy atom. The van der Waals surface area contributed by atoms with Gasteiger partial charge < -0.3 is 4.74 Å². The molecule has 0 N–H and O–H groups in total. The van der Waals surface area contributed by atoms with Gasteiger partial charge in [-0.05, 0) is 65.2 Å². The average molecular weight is 332 g/mol. The van der Waals surface area contributed by atoms with Gasteiger partial charge >= 0.3 is 0 Å². The Bertz CT molecular complexity index is 513. The molecule has 0 aliphatic heterocycles. The number of hydrogen-bond acceptors (Lipinski definition) is 2. The Kier molecular flexibility index (Phi) is 4.13. The molecule has 17 heavy (non-hydrogen) atoms. The first kappa shape index (κ1) is 12.9. The van der Waals surface area contributed by atoms with Crippen molar-refractivity contribution in [2.24, 2.45) is 0 Å². The Balaban J connectivity index is 2.14. The first-order valence-corrected chi connectivity index (χ1v) is 7.19. The average Bonchev–Trinajstić information content (AvgIpc) is 2.62. The molecule has 0 spiro atoms. The molecule has 90 valence electrons. The Morgan fingerprint density at radius 1 is 1.24 bits per heavy atom. The van der Waals surface area contributed by atoms with Crippen LogP contribution in [0.4, 0.5) is 0 Å². The van der Waals surface area contributed by atoms with Gasteiger partial charge in [0.05, 0.1) is 3.79 Å². The topological polar surface area (TPSA) is 9.23 Å². The Morgan fingerprint density at radius 3 is 2.41 bits per heavy atom. The highest BCUT2D eigenvalue weighted by Crippen LogP contribution is 2.29. The van der Waals surface area contributed by atoms with Crippen molar-refractivity contribution in [2.45, 2.75) is 20.5 Å². The zero-order valence-electron chi connectivity index (χ0n) is 9.59. The van der Waals surface area contributed by atoms with Crippen LogP contribution < -0.4 is 4.74 Å². The molecule has 0 aliphatic rings. The molecule has 4 heteroatoms. The van der Waals surface area contributed by atoms with Crippen LogP contribution in [0.15, 0.2) is 28.1 Å². The Hall–Kier alpha value is -0.510. The number of hydrogen-bond donors (Lipinski definition) is 0. The second kappa shape index (κ2) is 5.42. The first-order chi connectivity index (χ1) is 8.06. The molecule has 0 radical (unpaired) electrons. The van der Waals surface area contributed by atoms with E-state index in [1.54, 1.807) is 11.3 Å². The molecule has 1 heterocycles. The van der Waals surface area contributed by atoms with Gasteiger partial charge in [0, 0.05) is 9.90 Å². The molecule has 0 atom stereocenters. The lowest BCUT2D eigenvalue weighted by molar-refractivity contribution is 0.305. The van der Waals surface area contributed by atoms with Crippen LogP contribution in [0, 0.1) is 13.8 Å². The van der Waals surface area contributed by atoms with E-state index in [1.807, 2.05) is 32.0 Å². The zero-order chi connectivity index (χ0) is 12.4. The van der Waals surface area contributed by atoms with E-state index in [4.69, 9.17) is 16.3 Å². The lowest BCUT2D eigenvalue weighted by atomic mass is 10.1. The van der Waals surface area contributed by atoms with E-state index in [-0.39, 0.29) is 0 Å². The molecule has 1 nitrogen and oxygen atoms in total. The third kappa shape index (κ3) is 3.24. The van der Waals surface area contributed by atoms with E-state index in [9.17, 15) is 0 Å². The van der Waals surface area contributed by atoms with Gasteiger partial charge in [0.25, 0.3) is 0 Å². The smallest absolute Gasteiger partial charge is 0.125 e. The van der Waals surface area contributed by atoms with Crippen molar-refractivity contribution in [3.8, 4) is 5.75 Å². The molecule has 0 saturated heterocycles. The van der Waals surface area contributed by atoms with Crippen molar-refractivity contribution in [3.05, 3.63) is 49.1 Å². The third-order valence-electron chi connectivity index (χ3n) is 2.41. The van der Waals surface area contributed by atoms with Crippen molar-refractivity contribution < 1.29 is 4.74 Å². The summed E-state index contributed by atoms with van der Waals surface area (Å²) in [5, 5.41) is 0.756. The maximum Gasteiger partial charge on any atom is 0.125 e. The lowest BCUT2D eigenvalue weighted by Crippen LogP contribution is -1.97. The van der Waals surface area contributed by atoms with Crippen LogP contribution >= 0.6 is 38.9 Å². The summed E-state index contributed by atoms with van der Waals surface area (Å²) in [5.74, 6) is 0.930. The number of benzene rings is 1. The number of ether oxygens (including phenoxy) is 1. The van der Waals surface area contributed by atoms with Crippen molar-refractivity contribution >= 4 is 38.9 Å². The van der Waals surface area contributed by atoms with Gasteiger partial charge in [-0.3, -0.25) is 0 Å². The van der Waals surface area contributed by atoms with E-state index in [0.717, 1.165) is 25.7 Å². The third-order valence-corrected chi connectivity index (χ3v) is 4.23. The van der Waals surface area contributed by atoms with E-state index >= 15 is 0 Å². The zero-order valence-corrected chi connectivity index (χ0v) is 12.7. The maximum atomic E-state index is 5.98. The minimum Gasteiger partial charge on any atom is -0.488 e. The van der Waals surface area contributed by atoms with Crippen molar-refractivity contribution in [1.29, 1.82) is 0 Å². The molecule has 0 bridgehead atoms. The number of thiophene rings is 1. The maximum absolute atomic E-state index is 5.98. The SMILES string of the molecule is Cc1cc(Cl)cc(C)c1OCc1ccc(Br)s1. The van der Waals surface area contributed by atoms with E-state index < -0.39 is 0 Å². The summed E-state index contributed by atoms with van der Waals surface area (Å²) >= 11 is 11.1. The second-order valence-electron chi connectivity index (χ2n) is 3.86. The molecule has 0 saturated carbocycles. The molecule has 0 fully saturated rings. The van der Waals surface area contributed by atoms with Crippen LogP contribution in [0.3, 0.4) is 0 Å². The van der Waals surface area contributed by atoms with Crippen molar-refractivity contribution in [2.75, 3.05) is 0 Å². The Labute approximate surface area is 119 Å². The van der Waals surface area contributed by atoms with E-state index in [0.29, 0.717) is 6.61 Å². The molecule has 1 aromatic carbocycles. The lowest BCUT2D eigenvalue weighted by Gasteiger charge is -2.11. The van der Waals surface area contributed by atoms with Crippen LogP contribution in [0.2, 0.25) is 5.02 Å². The summed E-state index contributed by atoms with van der Waals surface area (Å²) in [7, 11) is 0. The van der Waals surface area contributed by atoms with Gasteiger partial charge in [0.2, 0.25) is 0 Å². The molecule has 2 aromatic rings. The predicted molar refractivity (Wildman–Crippen MR) is 77.3 cm³/mol. The summed E-state index contributed by atoms with van der Waals surface area (Å²) in [6.45, 7) is 4.62. The highest BCUT2D eigenvalue weighted by molar-refractivity contribution is 9.11. The van der Waals surface area contributed by atoms with Gasteiger partial charge in [0.1, 0.15) is 12.4 Å². The fraction of sp³-hybridized carbons (Fsp3) is 0.231. The van der Waals surface area contributed by atoms with E-state index in [2.05, 4.69) is 22.0 Å². The summed E-state index contributed by atoms with van der Waals surface area (Å²) in [6, 6.07) is 7.95. The summed E-state index contributed by atoms with van der Waals surface area (Å²) in [6.07, 6.45) is 0. The van der Waals surface area contributed by atoms with Crippen LogP contribution in [0.1, 0.15) is 16.0 Å². The highest BCUT2D eigenvalue weighted by Gasteiger charge is 2.06. The molecular weight excluding hydrogens is 320 g/mol. The minimum absolute atomic E-state index is 0.597. The molecule has 0 amide bonds. The van der Waals surface area contributed by atoms with E-state index in [1.165, 1.54) is 4.88 Å².